The van der Waals surface area contributed by atoms with Crippen molar-refractivity contribution in [2.75, 3.05) is 0 Å². The number of hydrogen-bond acceptors (Lipinski definition) is 4. The second kappa shape index (κ2) is 5.87. The van der Waals surface area contributed by atoms with E-state index in [9.17, 15) is 9.59 Å². The maximum absolute atomic E-state index is 12.3. The summed E-state index contributed by atoms with van der Waals surface area (Å²) < 4.78 is 7.63. The van der Waals surface area contributed by atoms with Gasteiger partial charge >= 0.3 is 5.97 Å². The van der Waals surface area contributed by atoms with Gasteiger partial charge in [0, 0.05) is 0 Å². The van der Waals surface area contributed by atoms with E-state index in [2.05, 4.69) is 3.53 Å². The summed E-state index contributed by atoms with van der Waals surface area (Å²) in [4.78, 5) is 24.3. The number of esters is 1. The first-order valence-electron chi connectivity index (χ1n) is 5.70. The minimum Gasteiger partial charge on any atom is -0.458 e. The molecule has 0 spiro atoms. The fraction of sp³-hybridized carbons (Fsp3) is 0.385. The number of halogens is 1. The van der Waals surface area contributed by atoms with Crippen LogP contribution in [0.5, 0.6) is 0 Å². The van der Waals surface area contributed by atoms with Crippen molar-refractivity contribution < 1.29 is 14.3 Å². The Morgan fingerprint density at radius 2 is 1.74 bits per heavy atom. The van der Waals surface area contributed by atoms with Crippen LogP contribution in [0, 0.1) is 0 Å². The lowest BCUT2D eigenvalue weighted by atomic mass is 9.90. The minimum atomic E-state index is -1.85. The molecule has 3 N–H and O–H groups in total. The van der Waals surface area contributed by atoms with E-state index >= 15 is 0 Å². The highest BCUT2D eigenvalue weighted by atomic mass is 127. The van der Waals surface area contributed by atoms with Gasteiger partial charge in [0.2, 0.25) is 5.54 Å². The van der Waals surface area contributed by atoms with Gasteiger partial charge in [-0.2, -0.15) is 0 Å². The van der Waals surface area contributed by atoms with Crippen molar-refractivity contribution in [2.24, 2.45) is 5.73 Å². The van der Waals surface area contributed by atoms with Crippen LogP contribution in [0.3, 0.4) is 0 Å². The summed E-state index contributed by atoms with van der Waals surface area (Å²) in [5, 5.41) is 0. The largest absolute Gasteiger partial charge is 0.458 e. The van der Waals surface area contributed by atoms with Crippen LogP contribution >= 0.6 is 22.9 Å². The highest BCUT2D eigenvalue weighted by Crippen LogP contribution is 2.23. The molecule has 5 nitrogen and oxygen atoms in total. The smallest absolute Gasteiger partial charge is 0.341 e. The molecule has 0 fully saturated rings. The van der Waals surface area contributed by atoms with Crippen LogP contribution in [0.2, 0.25) is 0 Å². The van der Waals surface area contributed by atoms with E-state index in [-0.39, 0.29) is 0 Å². The molecule has 0 aliphatic carbocycles. The zero-order chi connectivity index (χ0) is 14.7. The molecule has 1 aromatic rings. The zero-order valence-corrected chi connectivity index (χ0v) is 13.2. The Hall–Kier alpha value is -1.15. The molecule has 0 aromatic heterocycles. The van der Waals surface area contributed by atoms with Gasteiger partial charge in [-0.3, -0.25) is 8.32 Å². The number of rotatable bonds is 3. The van der Waals surface area contributed by atoms with Crippen molar-refractivity contribution in [1.29, 1.82) is 0 Å². The second-order valence-electron chi connectivity index (χ2n) is 5.10. The second-order valence-corrected chi connectivity index (χ2v) is 5.64. The summed E-state index contributed by atoms with van der Waals surface area (Å²) in [5.74, 6) is -1.39. The molecule has 0 aliphatic heterocycles. The lowest BCUT2D eigenvalue weighted by molar-refractivity contribution is -0.164. The van der Waals surface area contributed by atoms with Crippen LogP contribution in [-0.2, 0) is 19.9 Å². The molecular weight excluding hydrogens is 359 g/mol. The molecule has 0 heterocycles. The van der Waals surface area contributed by atoms with Gasteiger partial charge in [0.1, 0.15) is 5.60 Å². The summed E-state index contributed by atoms with van der Waals surface area (Å²) in [6.45, 7) is 5.16. The van der Waals surface area contributed by atoms with Crippen molar-refractivity contribution in [2.45, 2.75) is 31.9 Å². The number of nitrogens with two attached hydrogens (primary N) is 1. The highest BCUT2D eigenvalue weighted by Gasteiger charge is 2.46. The summed E-state index contributed by atoms with van der Waals surface area (Å²) >= 11 is 1.65. The topological polar surface area (TPSA) is 81.4 Å². The molecule has 0 bridgehead atoms. The van der Waals surface area contributed by atoms with Gasteiger partial charge in [0.15, 0.2) is 0 Å². The van der Waals surface area contributed by atoms with E-state index in [1.54, 1.807) is 74.0 Å². The molecule has 104 valence electrons. The lowest BCUT2D eigenvalue weighted by Gasteiger charge is -2.29. The van der Waals surface area contributed by atoms with E-state index < -0.39 is 23.0 Å². The Labute approximate surface area is 126 Å². The number of carbonyl (C=O) groups excluding carboxylic acids is 2. The van der Waals surface area contributed by atoms with E-state index in [0.29, 0.717) is 5.56 Å². The van der Waals surface area contributed by atoms with Crippen LogP contribution in [0.25, 0.3) is 0 Å². The number of carbonyl (C=O) groups is 2. The first-order valence-corrected chi connectivity index (χ1v) is 6.78. The number of hydrogen-bond donors (Lipinski definition) is 2. The van der Waals surface area contributed by atoms with Gasteiger partial charge < -0.3 is 10.5 Å². The van der Waals surface area contributed by atoms with Gasteiger partial charge in [0.05, 0.1) is 22.9 Å². The fourth-order valence-corrected chi connectivity index (χ4v) is 1.90. The Balaban J connectivity index is 3.22. The summed E-state index contributed by atoms with van der Waals surface area (Å²) in [5.41, 5.74) is 3.85. The summed E-state index contributed by atoms with van der Waals surface area (Å²) in [6, 6.07) is 8.44. The van der Waals surface area contributed by atoms with Crippen molar-refractivity contribution in [3.63, 3.8) is 0 Å². The molecular formula is C13H17IN2O3. The first-order chi connectivity index (χ1) is 8.71. The Morgan fingerprint density at radius 1 is 1.21 bits per heavy atom. The molecule has 0 radical (unpaired) electrons. The van der Waals surface area contributed by atoms with Crippen molar-refractivity contribution >= 4 is 34.7 Å². The molecule has 1 unspecified atom stereocenters. The Morgan fingerprint density at radius 3 is 2.16 bits per heavy atom. The Bertz CT molecular complexity index is 471. The van der Waals surface area contributed by atoms with Gasteiger partial charge in [-0.05, 0) is 26.3 Å². The lowest BCUT2D eigenvalue weighted by Crippen LogP contribution is -2.57. The van der Waals surface area contributed by atoms with Crippen molar-refractivity contribution in [1.82, 2.24) is 3.53 Å². The van der Waals surface area contributed by atoms with Gasteiger partial charge in [-0.25, -0.2) is 4.79 Å². The number of benzene rings is 1. The normalized spacial score (nSPS) is 14.4. The highest BCUT2D eigenvalue weighted by molar-refractivity contribution is 14.1. The third-order valence-corrected chi connectivity index (χ3v) is 2.88. The quantitative estimate of drug-likeness (QED) is 0.364. The molecule has 1 amide bonds. The fourth-order valence-electron chi connectivity index (χ4n) is 1.48. The van der Waals surface area contributed by atoms with Crippen LogP contribution in [0.1, 0.15) is 26.3 Å². The Kier molecular flexibility index (Phi) is 4.92. The van der Waals surface area contributed by atoms with Crippen LogP contribution < -0.4 is 9.26 Å². The molecule has 19 heavy (non-hydrogen) atoms. The average molecular weight is 376 g/mol. The summed E-state index contributed by atoms with van der Waals surface area (Å²) in [7, 11) is 0. The summed E-state index contributed by atoms with van der Waals surface area (Å²) in [6.07, 6.45) is 0. The van der Waals surface area contributed by atoms with Gasteiger partial charge in [-0.1, -0.05) is 30.3 Å². The van der Waals surface area contributed by atoms with Crippen LogP contribution in [-0.4, -0.2) is 17.5 Å². The monoisotopic (exact) mass is 376 g/mol. The van der Waals surface area contributed by atoms with E-state index in [1.807, 2.05) is 0 Å². The van der Waals surface area contributed by atoms with E-state index in [1.165, 1.54) is 0 Å². The third kappa shape index (κ3) is 3.66. The standard InChI is InChI=1S/C13H17IN2O3/c1-12(2,3)19-11(18)13(15,10(17)16-14)9-7-5-4-6-8-9/h4-8H,15H2,1-3H3,(H,16,17). The molecule has 1 rings (SSSR count). The zero-order valence-electron chi connectivity index (χ0n) is 11.1. The SMILES string of the molecule is CC(C)(C)OC(=O)C(N)(C(=O)NI)c1ccccc1. The molecule has 1 atom stereocenters. The van der Waals surface area contributed by atoms with E-state index in [0.717, 1.165) is 0 Å². The van der Waals surface area contributed by atoms with Gasteiger partial charge in [-0.15, -0.1) is 0 Å². The maximum Gasteiger partial charge on any atom is 0.341 e. The molecule has 0 saturated heterocycles. The van der Waals surface area contributed by atoms with Gasteiger partial charge in [0.25, 0.3) is 5.91 Å². The average Bonchev–Trinajstić information content (AvgIpc) is 2.35. The molecule has 1 aromatic carbocycles. The molecule has 0 aliphatic rings. The predicted molar refractivity (Wildman–Crippen MR) is 80.3 cm³/mol. The van der Waals surface area contributed by atoms with Crippen molar-refractivity contribution in [3.8, 4) is 0 Å². The van der Waals surface area contributed by atoms with E-state index in [4.69, 9.17) is 10.5 Å². The first kappa shape index (κ1) is 15.9. The minimum absolute atomic E-state index is 0.387. The molecule has 6 heteroatoms. The van der Waals surface area contributed by atoms with Crippen LogP contribution in [0.15, 0.2) is 30.3 Å². The molecule has 0 saturated carbocycles. The number of ether oxygens (including phenoxy) is 1. The number of amides is 1. The predicted octanol–water partition coefficient (Wildman–Crippen LogP) is 1.65. The third-order valence-electron chi connectivity index (χ3n) is 2.39. The number of nitrogens with one attached hydrogen (secondary N) is 1. The maximum atomic E-state index is 12.3. The van der Waals surface area contributed by atoms with Crippen LogP contribution in [0.4, 0.5) is 0 Å². The van der Waals surface area contributed by atoms with Crippen molar-refractivity contribution in [3.05, 3.63) is 35.9 Å².